The predicted octanol–water partition coefficient (Wildman–Crippen LogP) is 1.96. The van der Waals surface area contributed by atoms with Gasteiger partial charge in [0.15, 0.2) is 0 Å². The molecular formula is C14H17N3O3S. The molecule has 0 saturated carbocycles. The lowest BCUT2D eigenvalue weighted by Gasteiger charge is -2.21. The van der Waals surface area contributed by atoms with E-state index in [9.17, 15) is 8.42 Å². The first-order chi connectivity index (χ1) is 10.0. The molecule has 0 aliphatic carbocycles. The first kappa shape index (κ1) is 15.1. The van der Waals surface area contributed by atoms with Gasteiger partial charge < -0.3 is 10.1 Å². The lowest BCUT2D eigenvalue weighted by molar-refractivity contribution is 0.416. The number of sulfonamides is 1. The lowest BCUT2D eigenvalue weighted by Crippen LogP contribution is -2.27. The molecule has 0 radical (unpaired) electrons. The molecule has 1 aromatic carbocycles. The summed E-state index contributed by atoms with van der Waals surface area (Å²) in [4.78, 5) is 4.15. The van der Waals surface area contributed by atoms with Crippen LogP contribution in [-0.2, 0) is 10.0 Å². The second-order valence-electron chi connectivity index (χ2n) is 4.27. The van der Waals surface area contributed by atoms with Gasteiger partial charge in [-0.05, 0) is 24.3 Å². The molecule has 1 N–H and O–H groups in total. The molecule has 0 amide bonds. The van der Waals surface area contributed by atoms with E-state index in [1.54, 1.807) is 37.4 Å². The van der Waals surface area contributed by atoms with E-state index in [2.05, 4.69) is 10.3 Å². The summed E-state index contributed by atoms with van der Waals surface area (Å²) in [5, 5.41) is 2.85. The number of methoxy groups -OCH3 is 1. The molecule has 0 saturated heterocycles. The Morgan fingerprint density at radius 1 is 1.19 bits per heavy atom. The van der Waals surface area contributed by atoms with Gasteiger partial charge in [-0.2, -0.15) is 0 Å². The molecule has 112 valence electrons. The minimum atomic E-state index is -3.69. The number of hydrogen-bond donors (Lipinski definition) is 1. The van der Waals surface area contributed by atoms with Crippen molar-refractivity contribution in [3.8, 4) is 5.75 Å². The first-order valence-electron chi connectivity index (χ1n) is 6.26. The number of nitrogens with one attached hydrogen (secondary N) is 1. The number of benzene rings is 1. The third-order valence-corrected chi connectivity index (χ3v) is 4.83. The zero-order valence-corrected chi connectivity index (χ0v) is 12.9. The fourth-order valence-electron chi connectivity index (χ4n) is 1.86. The SMILES string of the molecule is CNc1ccc(S(=O)(=O)N(C)c2ccccc2OC)cn1. The minimum Gasteiger partial charge on any atom is -0.495 e. The van der Waals surface area contributed by atoms with Crippen molar-refractivity contribution in [2.75, 3.05) is 30.8 Å². The van der Waals surface area contributed by atoms with E-state index in [0.717, 1.165) is 0 Å². The van der Waals surface area contributed by atoms with E-state index in [1.165, 1.54) is 30.7 Å². The van der Waals surface area contributed by atoms with Crippen molar-refractivity contribution in [3.63, 3.8) is 0 Å². The molecule has 0 aliphatic heterocycles. The third-order valence-electron chi connectivity index (χ3n) is 3.08. The van der Waals surface area contributed by atoms with Crippen molar-refractivity contribution in [2.24, 2.45) is 0 Å². The van der Waals surface area contributed by atoms with Crippen molar-refractivity contribution in [2.45, 2.75) is 4.90 Å². The van der Waals surface area contributed by atoms with Gasteiger partial charge in [0.05, 0.1) is 12.8 Å². The Kier molecular flexibility index (Phi) is 4.32. The van der Waals surface area contributed by atoms with Crippen LogP contribution in [0, 0.1) is 0 Å². The number of anilines is 2. The molecule has 1 heterocycles. The first-order valence-corrected chi connectivity index (χ1v) is 7.70. The second-order valence-corrected chi connectivity index (χ2v) is 6.24. The van der Waals surface area contributed by atoms with Gasteiger partial charge in [-0.1, -0.05) is 12.1 Å². The summed E-state index contributed by atoms with van der Waals surface area (Å²) in [6.45, 7) is 0. The number of rotatable bonds is 5. The van der Waals surface area contributed by atoms with Crippen LogP contribution >= 0.6 is 0 Å². The van der Waals surface area contributed by atoms with Crippen LogP contribution < -0.4 is 14.4 Å². The topological polar surface area (TPSA) is 71.5 Å². The Balaban J connectivity index is 2.42. The highest BCUT2D eigenvalue weighted by molar-refractivity contribution is 7.92. The summed E-state index contributed by atoms with van der Waals surface area (Å²) in [7, 11) is 1.02. The molecule has 0 atom stereocenters. The summed E-state index contributed by atoms with van der Waals surface area (Å²) in [6.07, 6.45) is 1.33. The fraction of sp³-hybridized carbons (Fsp3) is 0.214. The smallest absolute Gasteiger partial charge is 0.265 e. The summed E-state index contributed by atoms with van der Waals surface area (Å²) in [6, 6.07) is 10.1. The molecular weight excluding hydrogens is 290 g/mol. The van der Waals surface area contributed by atoms with Crippen molar-refractivity contribution in [1.82, 2.24) is 4.98 Å². The highest BCUT2D eigenvalue weighted by Gasteiger charge is 2.23. The van der Waals surface area contributed by atoms with E-state index < -0.39 is 10.0 Å². The Labute approximate surface area is 124 Å². The van der Waals surface area contributed by atoms with Crippen molar-refractivity contribution in [1.29, 1.82) is 0 Å². The van der Waals surface area contributed by atoms with Gasteiger partial charge in [-0.25, -0.2) is 13.4 Å². The molecule has 0 fully saturated rings. The molecule has 2 aromatic rings. The highest BCUT2D eigenvalue weighted by Crippen LogP contribution is 2.30. The number of nitrogens with zero attached hydrogens (tertiary/aromatic N) is 2. The normalized spacial score (nSPS) is 11.0. The quantitative estimate of drug-likeness (QED) is 0.914. The fourth-order valence-corrected chi connectivity index (χ4v) is 3.01. The van der Waals surface area contributed by atoms with Gasteiger partial charge in [0.1, 0.15) is 16.5 Å². The van der Waals surface area contributed by atoms with Crippen LogP contribution in [0.3, 0.4) is 0 Å². The van der Waals surface area contributed by atoms with E-state index in [4.69, 9.17) is 4.74 Å². The van der Waals surface area contributed by atoms with Crippen molar-refractivity contribution in [3.05, 3.63) is 42.6 Å². The van der Waals surface area contributed by atoms with Crippen LogP contribution in [-0.4, -0.2) is 34.6 Å². The maximum atomic E-state index is 12.6. The van der Waals surface area contributed by atoms with E-state index in [1.807, 2.05) is 0 Å². The number of ether oxygens (including phenoxy) is 1. The molecule has 0 bridgehead atoms. The van der Waals surface area contributed by atoms with Crippen LogP contribution in [0.1, 0.15) is 0 Å². The highest BCUT2D eigenvalue weighted by atomic mass is 32.2. The zero-order valence-electron chi connectivity index (χ0n) is 12.1. The van der Waals surface area contributed by atoms with Gasteiger partial charge in [-0.3, -0.25) is 4.31 Å². The average Bonchev–Trinajstić information content (AvgIpc) is 2.54. The molecule has 1 aromatic heterocycles. The van der Waals surface area contributed by atoms with E-state index in [0.29, 0.717) is 17.3 Å². The predicted molar refractivity (Wildman–Crippen MR) is 82.4 cm³/mol. The summed E-state index contributed by atoms with van der Waals surface area (Å²) >= 11 is 0. The minimum absolute atomic E-state index is 0.120. The Morgan fingerprint density at radius 3 is 2.48 bits per heavy atom. The number of para-hydroxylation sites is 2. The van der Waals surface area contributed by atoms with Crippen LogP contribution in [0.2, 0.25) is 0 Å². The number of pyridine rings is 1. The van der Waals surface area contributed by atoms with Crippen LogP contribution in [0.5, 0.6) is 5.75 Å². The largest absolute Gasteiger partial charge is 0.495 e. The number of aromatic nitrogens is 1. The maximum absolute atomic E-state index is 12.6. The second kappa shape index (κ2) is 6.01. The summed E-state index contributed by atoms with van der Waals surface area (Å²) in [5.41, 5.74) is 0.470. The Hall–Kier alpha value is -2.28. The molecule has 21 heavy (non-hydrogen) atoms. The molecule has 0 spiro atoms. The Bertz CT molecular complexity index is 714. The monoisotopic (exact) mass is 307 g/mol. The molecule has 0 unspecified atom stereocenters. The van der Waals surface area contributed by atoms with Gasteiger partial charge in [0.25, 0.3) is 10.0 Å². The van der Waals surface area contributed by atoms with Crippen LogP contribution in [0.25, 0.3) is 0 Å². The van der Waals surface area contributed by atoms with Gasteiger partial charge >= 0.3 is 0 Å². The molecule has 2 rings (SSSR count). The number of hydrogen-bond acceptors (Lipinski definition) is 5. The van der Waals surface area contributed by atoms with Crippen LogP contribution in [0.15, 0.2) is 47.5 Å². The third kappa shape index (κ3) is 2.92. The van der Waals surface area contributed by atoms with E-state index in [-0.39, 0.29) is 4.90 Å². The molecule has 0 aliphatic rings. The Morgan fingerprint density at radius 2 is 1.90 bits per heavy atom. The van der Waals surface area contributed by atoms with Crippen molar-refractivity contribution < 1.29 is 13.2 Å². The lowest BCUT2D eigenvalue weighted by atomic mass is 10.3. The molecule has 6 nitrogen and oxygen atoms in total. The van der Waals surface area contributed by atoms with E-state index >= 15 is 0 Å². The summed E-state index contributed by atoms with van der Waals surface area (Å²) in [5.74, 6) is 1.09. The summed E-state index contributed by atoms with van der Waals surface area (Å²) < 4.78 is 31.6. The zero-order chi connectivity index (χ0) is 15.5. The maximum Gasteiger partial charge on any atom is 0.265 e. The standard InChI is InChI=1S/C14H17N3O3S/c1-15-14-9-8-11(10-16-14)21(18,19)17(2)12-6-4-5-7-13(12)20-3/h4-10H,1-3H3,(H,15,16). The van der Waals surface area contributed by atoms with Gasteiger partial charge in [0, 0.05) is 20.3 Å². The van der Waals surface area contributed by atoms with Gasteiger partial charge in [0.2, 0.25) is 0 Å². The van der Waals surface area contributed by atoms with Gasteiger partial charge in [-0.15, -0.1) is 0 Å². The van der Waals surface area contributed by atoms with Crippen molar-refractivity contribution >= 4 is 21.5 Å². The molecule has 7 heteroatoms. The average molecular weight is 307 g/mol. The van der Waals surface area contributed by atoms with Crippen LogP contribution in [0.4, 0.5) is 11.5 Å².